The van der Waals surface area contributed by atoms with Gasteiger partial charge in [0.05, 0.1) is 11.9 Å². The van der Waals surface area contributed by atoms with Gasteiger partial charge in [0.15, 0.2) is 6.29 Å². The molecule has 11 heavy (non-hydrogen) atoms. The normalized spacial score (nSPS) is 19.3. The Kier molecular flexibility index (Phi) is 5.16. The Morgan fingerprint density at radius 2 is 2.18 bits per heavy atom. The molecule has 0 heterocycles. The molecule has 8 heteroatoms. The highest BCUT2D eigenvalue weighted by Crippen LogP contribution is 2.51. The van der Waals surface area contributed by atoms with Crippen LogP contribution in [0, 0.1) is 0 Å². The van der Waals surface area contributed by atoms with Gasteiger partial charge < -0.3 is 4.74 Å². The van der Waals surface area contributed by atoms with Gasteiger partial charge in [0, 0.05) is 7.11 Å². The number of rotatable bonds is 5. The first-order chi connectivity index (χ1) is 5.08. The maximum Gasteiger partial charge on any atom is 0.524 e. The lowest BCUT2D eigenvalue weighted by Crippen LogP contribution is -2.08. The second-order valence-electron chi connectivity index (χ2n) is 1.49. The minimum Gasteiger partial charge on any atom is -0.356 e. The Morgan fingerprint density at radius 1 is 1.64 bits per heavy atom. The Labute approximate surface area is 68.0 Å². The van der Waals surface area contributed by atoms with E-state index in [1.54, 1.807) is 0 Å². The summed E-state index contributed by atoms with van der Waals surface area (Å²) < 4.78 is 37.2. The minimum absolute atomic E-state index is 0.935. The van der Waals surface area contributed by atoms with E-state index in [2.05, 4.69) is 29.9 Å². The van der Waals surface area contributed by atoms with Crippen LogP contribution >= 0.6 is 19.7 Å². The predicted molar refractivity (Wildman–Crippen MR) is 34.3 cm³/mol. The Hall–Kier alpha value is 0.290. The Balaban J connectivity index is 3.97. The molecule has 0 rings (SSSR count). The van der Waals surface area contributed by atoms with Crippen molar-refractivity contribution in [1.82, 2.24) is 0 Å². The summed E-state index contributed by atoms with van der Waals surface area (Å²) in [6.07, 6.45) is -0.935. The second kappa shape index (κ2) is 5.03. The lowest BCUT2D eigenvalue weighted by Gasteiger charge is -2.12. The topological polar surface area (TPSA) is 54.0 Å². The molecule has 68 valence electrons. The van der Waals surface area contributed by atoms with Crippen molar-refractivity contribution >= 4 is 19.7 Å². The maximum absolute atomic E-state index is 11.4. The highest BCUT2D eigenvalue weighted by atomic mass is 35.5. The average molecular weight is 209 g/mol. The lowest BCUT2D eigenvalue weighted by atomic mass is 10.8. The van der Waals surface area contributed by atoms with Crippen molar-refractivity contribution in [2.24, 2.45) is 0 Å². The van der Waals surface area contributed by atoms with Crippen molar-refractivity contribution in [3.8, 4) is 0 Å². The van der Waals surface area contributed by atoms with Crippen LogP contribution in [0.3, 0.4) is 0 Å². The van der Waals surface area contributed by atoms with E-state index in [9.17, 15) is 9.09 Å². The van der Waals surface area contributed by atoms with Gasteiger partial charge in [-0.15, -0.1) is 0 Å². The van der Waals surface area contributed by atoms with Crippen LogP contribution in [0.25, 0.3) is 0 Å². The fourth-order valence-electron chi connectivity index (χ4n) is 0.268. The third kappa shape index (κ3) is 4.00. The summed E-state index contributed by atoms with van der Waals surface area (Å²) in [5.41, 5.74) is 0. The number of hydrogen-bond donors (Lipinski definition) is 0. The van der Waals surface area contributed by atoms with Gasteiger partial charge in [-0.1, -0.05) is 4.73 Å². The molecule has 0 saturated heterocycles. The summed E-state index contributed by atoms with van der Waals surface area (Å²) in [6, 6.07) is 0. The molecule has 0 aliphatic rings. The van der Waals surface area contributed by atoms with Crippen molar-refractivity contribution in [1.29, 1.82) is 0 Å². The fraction of sp³-hybridized carbons (Fsp3) is 1.00. The van der Waals surface area contributed by atoms with Crippen LogP contribution in [-0.4, -0.2) is 13.4 Å². The third-order valence-electron chi connectivity index (χ3n) is 0.779. The summed E-state index contributed by atoms with van der Waals surface area (Å²) in [5, 5.41) is 0. The van der Waals surface area contributed by atoms with Gasteiger partial charge in [0.2, 0.25) is 0 Å². The monoisotopic (exact) mass is 208 g/mol. The van der Waals surface area contributed by atoms with Gasteiger partial charge in [-0.3, -0.25) is 4.52 Å². The fourth-order valence-corrected chi connectivity index (χ4v) is 0.966. The molecular formula is C3H7ClFO5P. The number of phosphoric acid groups is 1. The highest BCUT2D eigenvalue weighted by Gasteiger charge is 2.30. The van der Waals surface area contributed by atoms with Crippen molar-refractivity contribution in [3.63, 3.8) is 0 Å². The minimum atomic E-state index is -4.28. The van der Waals surface area contributed by atoms with E-state index in [1.807, 2.05) is 0 Å². The van der Waals surface area contributed by atoms with Crippen molar-refractivity contribution < 1.29 is 27.2 Å². The molecule has 0 amide bonds. The third-order valence-corrected chi connectivity index (χ3v) is 2.18. The Morgan fingerprint density at radius 3 is 2.45 bits per heavy atom. The number of methoxy groups -OCH3 is 1. The number of hydrogen-bond acceptors (Lipinski definition) is 5. The molecule has 0 fully saturated rings. The molecule has 0 spiro atoms. The largest absolute Gasteiger partial charge is 0.524 e. The molecule has 0 aromatic rings. The van der Waals surface area contributed by atoms with E-state index in [1.165, 1.54) is 14.0 Å². The van der Waals surface area contributed by atoms with E-state index >= 15 is 0 Å². The van der Waals surface area contributed by atoms with Crippen LogP contribution in [-0.2, 0) is 22.6 Å². The molecule has 2 atom stereocenters. The smallest absolute Gasteiger partial charge is 0.356 e. The van der Waals surface area contributed by atoms with Gasteiger partial charge in [-0.2, -0.15) is 4.08 Å². The SMILES string of the molecule is COC(C)OP(=O)(OF)OCl. The molecule has 0 aromatic carbocycles. The molecule has 5 nitrogen and oxygen atoms in total. The van der Waals surface area contributed by atoms with Gasteiger partial charge in [-0.25, -0.2) is 4.57 Å². The first-order valence-electron chi connectivity index (χ1n) is 2.50. The lowest BCUT2D eigenvalue weighted by molar-refractivity contribution is -0.0989. The van der Waals surface area contributed by atoms with E-state index in [4.69, 9.17) is 0 Å². The zero-order chi connectivity index (χ0) is 8.91. The molecular weight excluding hydrogens is 201 g/mol. The van der Waals surface area contributed by atoms with E-state index in [-0.39, 0.29) is 0 Å². The van der Waals surface area contributed by atoms with E-state index in [0.717, 1.165) is 0 Å². The average Bonchev–Trinajstić information content (AvgIpc) is 2.04. The number of ether oxygens (including phenoxy) is 1. The van der Waals surface area contributed by atoms with Crippen LogP contribution in [0.5, 0.6) is 0 Å². The summed E-state index contributed by atoms with van der Waals surface area (Å²) in [4.78, 5) is 0. The van der Waals surface area contributed by atoms with Crippen LogP contribution in [0.2, 0.25) is 0 Å². The van der Waals surface area contributed by atoms with Gasteiger partial charge >= 0.3 is 7.82 Å². The zero-order valence-corrected chi connectivity index (χ0v) is 7.47. The van der Waals surface area contributed by atoms with Crippen LogP contribution in [0.1, 0.15) is 6.92 Å². The van der Waals surface area contributed by atoms with Crippen LogP contribution < -0.4 is 0 Å². The summed E-state index contributed by atoms with van der Waals surface area (Å²) in [5.74, 6) is 0. The maximum atomic E-state index is 11.4. The van der Waals surface area contributed by atoms with Crippen LogP contribution in [0.15, 0.2) is 0 Å². The zero-order valence-electron chi connectivity index (χ0n) is 5.82. The van der Waals surface area contributed by atoms with Crippen molar-refractivity contribution in [3.05, 3.63) is 0 Å². The van der Waals surface area contributed by atoms with E-state index < -0.39 is 14.1 Å². The van der Waals surface area contributed by atoms with Crippen molar-refractivity contribution in [2.75, 3.05) is 7.11 Å². The van der Waals surface area contributed by atoms with Gasteiger partial charge in [0.1, 0.15) is 0 Å². The molecule has 0 radical (unpaired) electrons. The van der Waals surface area contributed by atoms with Crippen LogP contribution in [0.4, 0.5) is 4.53 Å². The Bertz CT molecular complexity index is 147. The second-order valence-corrected chi connectivity index (χ2v) is 3.29. The molecule has 0 aromatic heterocycles. The van der Waals surface area contributed by atoms with Gasteiger partial charge in [-0.05, 0) is 11.4 Å². The molecule has 0 saturated carbocycles. The first-order valence-corrected chi connectivity index (χ1v) is 4.27. The summed E-state index contributed by atoms with van der Waals surface area (Å²) in [6.45, 7) is 1.36. The first kappa shape index (κ1) is 11.3. The number of halogens is 2. The molecule has 0 aliphatic heterocycles. The van der Waals surface area contributed by atoms with E-state index in [0.29, 0.717) is 0 Å². The standard InChI is InChI=1S/C3H7ClFO5P/c1-3(7-2)8-11(6,9-4)10-5/h3H,1-2H3. The molecule has 0 N–H and O–H groups in total. The highest BCUT2D eigenvalue weighted by molar-refractivity contribution is 7.49. The molecule has 0 aliphatic carbocycles. The van der Waals surface area contributed by atoms with Crippen molar-refractivity contribution in [2.45, 2.75) is 13.2 Å². The predicted octanol–water partition coefficient (Wildman–Crippen LogP) is 2.17. The molecule has 0 bridgehead atoms. The van der Waals surface area contributed by atoms with Gasteiger partial charge in [0.25, 0.3) is 0 Å². The quantitative estimate of drug-likeness (QED) is 0.512. The molecule has 2 unspecified atom stereocenters. The summed E-state index contributed by atoms with van der Waals surface area (Å²) in [7, 11) is -3.01. The summed E-state index contributed by atoms with van der Waals surface area (Å²) >= 11 is 4.60.